The average molecular weight is 431 g/mol. The molecule has 4 rings (SSSR count). The number of benzene rings is 2. The van der Waals surface area contributed by atoms with Gasteiger partial charge in [0, 0.05) is 17.5 Å². The molecule has 0 saturated heterocycles. The van der Waals surface area contributed by atoms with E-state index in [-0.39, 0.29) is 12.3 Å². The Balaban J connectivity index is 1.46. The Bertz CT molecular complexity index is 1040. The van der Waals surface area contributed by atoms with Crippen molar-refractivity contribution >= 4 is 34.5 Å². The molecule has 1 aromatic heterocycles. The number of rotatable bonds is 6. The molecule has 3 aromatic rings. The Morgan fingerprint density at radius 3 is 2.79 bits per heavy atom. The Morgan fingerprint density at radius 2 is 2.00 bits per heavy atom. The molecule has 6 nitrogen and oxygen atoms in total. The second-order valence-electron chi connectivity index (χ2n) is 6.27. The van der Waals surface area contributed by atoms with E-state index in [0.29, 0.717) is 47.7 Å². The van der Waals surface area contributed by atoms with Gasteiger partial charge in [0.25, 0.3) is 0 Å². The third-order valence-corrected chi connectivity index (χ3v) is 5.45. The minimum Gasteiger partial charge on any atom is -0.493 e. The zero-order valence-electron chi connectivity index (χ0n) is 15.7. The molecule has 1 aliphatic rings. The van der Waals surface area contributed by atoms with Gasteiger partial charge in [-0.15, -0.1) is 11.3 Å². The number of anilines is 1. The van der Waals surface area contributed by atoms with Crippen LogP contribution in [0.4, 0.5) is 5.69 Å². The lowest BCUT2D eigenvalue weighted by Gasteiger charge is -2.19. The van der Waals surface area contributed by atoms with E-state index >= 15 is 0 Å². The fraction of sp³-hybridized carbons (Fsp3) is 0.238. The van der Waals surface area contributed by atoms with Gasteiger partial charge in [-0.1, -0.05) is 23.7 Å². The summed E-state index contributed by atoms with van der Waals surface area (Å²) < 4.78 is 16.7. The fourth-order valence-corrected chi connectivity index (χ4v) is 4.01. The summed E-state index contributed by atoms with van der Waals surface area (Å²) in [5, 5.41) is 5.91. The lowest BCUT2D eigenvalue weighted by Crippen LogP contribution is -2.17. The molecule has 1 amide bonds. The summed E-state index contributed by atoms with van der Waals surface area (Å²) in [5.74, 6) is 1.72. The van der Waals surface area contributed by atoms with E-state index in [1.807, 2.05) is 36.6 Å². The summed E-state index contributed by atoms with van der Waals surface area (Å²) in [6, 6.07) is 11.1. The number of fused-ring (bicyclic) bond motifs is 1. The molecule has 2 aromatic carbocycles. The van der Waals surface area contributed by atoms with Crippen LogP contribution in [0.1, 0.15) is 12.6 Å². The van der Waals surface area contributed by atoms with Crippen molar-refractivity contribution in [1.29, 1.82) is 0 Å². The van der Waals surface area contributed by atoms with Gasteiger partial charge in [0.1, 0.15) is 24.0 Å². The van der Waals surface area contributed by atoms with Crippen molar-refractivity contribution in [3.05, 3.63) is 52.5 Å². The number of carbonyl (C=O) groups is 1. The quantitative estimate of drug-likeness (QED) is 0.607. The van der Waals surface area contributed by atoms with Crippen LogP contribution in [0, 0.1) is 0 Å². The van der Waals surface area contributed by atoms with Crippen molar-refractivity contribution < 1.29 is 19.0 Å². The summed E-state index contributed by atoms with van der Waals surface area (Å²) >= 11 is 7.74. The predicted octanol–water partition coefficient (Wildman–Crippen LogP) is 4.81. The largest absolute Gasteiger partial charge is 0.493 e. The molecule has 0 atom stereocenters. The number of nitrogens with zero attached hydrogens (tertiary/aromatic N) is 1. The van der Waals surface area contributed by atoms with E-state index in [0.717, 1.165) is 16.3 Å². The molecule has 1 aliphatic heterocycles. The first kappa shape index (κ1) is 19.5. The Kier molecular flexibility index (Phi) is 5.87. The number of amides is 1. The number of hydrogen-bond acceptors (Lipinski definition) is 6. The van der Waals surface area contributed by atoms with Crippen LogP contribution >= 0.6 is 22.9 Å². The fourth-order valence-electron chi connectivity index (χ4n) is 2.96. The van der Waals surface area contributed by atoms with Gasteiger partial charge < -0.3 is 19.5 Å². The summed E-state index contributed by atoms with van der Waals surface area (Å²) in [6.45, 7) is 3.46. The number of ether oxygens (including phenoxy) is 3. The standard InChI is InChI=1S/C21H19ClN2O4S/c1-2-26-17-6-4-3-5-14(17)21-23-13(12-29-21)9-20(25)24-16-11-19-18(10-15(16)22)27-7-8-28-19/h3-6,10-12H,2,7-9H2,1H3,(H,24,25). The number of thiazole rings is 1. The molecule has 8 heteroatoms. The minimum atomic E-state index is -0.210. The topological polar surface area (TPSA) is 69.7 Å². The Labute approximate surface area is 177 Å². The summed E-state index contributed by atoms with van der Waals surface area (Å²) in [6.07, 6.45) is 0.137. The van der Waals surface area contributed by atoms with Gasteiger partial charge in [-0.3, -0.25) is 4.79 Å². The third kappa shape index (κ3) is 4.46. The van der Waals surface area contributed by atoms with Crippen LogP contribution in [0.2, 0.25) is 5.02 Å². The third-order valence-electron chi connectivity index (χ3n) is 4.22. The highest BCUT2D eigenvalue weighted by Crippen LogP contribution is 2.38. The van der Waals surface area contributed by atoms with Gasteiger partial charge >= 0.3 is 0 Å². The molecule has 29 heavy (non-hydrogen) atoms. The molecule has 150 valence electrons. The Morgan fingerprint density at radius 1 is 1.24 bits per heavy atom. The molecule has 0 spiro atoms. The number of carbonyl (C=O) groups excluding carboxylic acids is 1. The van der Waals surface area contributed by atoms with Crippen LogP contribution in [0.25, 0.3) is 10.6 Å². The first-order valence-corrected chi connectivity index (χ1v) is 10.5. The summed E-state index contributed by atoms with van der Waals surface area (Å²) in [7, 11) is 0. The maximum Gasteiger partial charge on any atom is 0.230 e. The van der Waals surface area contributed by atoms with Crippen LogP contribution in [0.3, 0.4) is 0 Å². The molecule has 1 N–H and O–H groups in total. The SMILES string of the molecule is CCOc1ccccc1-c1nc(CC(=O)Nc2cc3c(cc2Cl)OCCO3)cs1. The van der Waals surface area contributed by atoms with E-state index in [9.17, 15) is 4.79 Å². The van der Waals surface area contributed by atoms with Crippen molar-refractivity contribution in [2.24, 2.45) is 0 Å². The van der Waals surface area contributed by atoms with Crippen LogP contribution in [-0.4, -0.2) is 30.7 Å². The number of para-hydroxylation sites is 1. The highest BCUT2D eigenvalue weighted by atomic mass is 35.5. The van der Waals surface area contributed by atoms with Crippen LogP contribution < -0.4 is 19.5 Å². The monoisotopic (exact) mass is 430 g/mol. The minimum absolute atomic E-state index is 0.137. The number of halogens is 1. The molecule has 0 fully saturated rings. The predicted molar refractivity (Wildman–Crippen MR) is 113 cm³/mol. The summed E-state index contributed by atoms with van der Waals surface area (Å²) in [5.41, 5.74) is 2.08. The summed E-state index contributed by atoms with van der Waals surface area (Å²) in [4.78, 5) is 17.1. The highest BCUT2D eigenvalue weighted by Gasteiger charge is 2.17. The van der Waals surface area contributed by atoms with Crippen LogP contribution in [-0.2, 0) is 11.2 Å². The molecular formula is C21H19ClN2O4S. The lowest BCUT2D eigenvalue weighted by molar-refractivity contribution is -0.115. The normalized spacial score (nSPS) is 12.5. The molecule has 0 unspecified atom stereocenters. The molecule has 2 heterocycles. The second-order valence-corrected chi connectivity index (χ2v) is 7.54. The van der Waals surface area contributed by atoms with Crippen molar-refractivity contribution in [2.75, 3.05) is 25.1 Å². The van der Waals surface area contributed by atoms with Gasteiger partial charge in [-0.2, -0.15) is 0 Å². The second kappa shape index (κ2) is 8.71. The average Bonchev–Trinajstić information content (AvgIpc) is 3.17. The van der Waals surface area contributed by atoms with Crippen LogP contribution in [0.5, 0.6) is 17.2 Å². The zero-order valence-corrected chi connectivity index (χ0v) is 17.3. The van der Waals surface area contributed by atoms with Crippen LogP contribution in [0.15, 0.2) is 41.8 Å². The molecule has 0 bridgehead atoms. The lowest BCUT2D eigenvalue weighted by atomic mass is 10.2. The van der Waals surface area contributed by atoms with Gasteiger partial charge in [-0.05, 0) is 19.1 Å². The molecule has 0 radical (unpaired) electrons. The van der Waals surface area contributed by atoms with Crippen molar-refractivity contribution in [1.82, 2.24) is 4.98 Å². The molecular weight excluding hydrogens is 412 g/mol. The molecule has 0 saturated carbocycles. The number of nitrogens with one attached hydrogen (secondary N) is 1. The maximum atomic E-state index is 12.5. The molecule has 0 aliphatic carbocycles. The maximum absolute atomic E-state index is 12.5. The van der Waals surface area contributed by atoms with Gasteiger partial charge in [0.15, 0.2) is 11.5 Å². The zero-order chi connectivity index (χ0) is 20.2. The van der Waals surface area contributed by atoms with Gasteiger partial charge in [-0.25, -0.2) is 4.98 Å². The van der Waals surface area contributed by atoms with E-state index in [1.165, 1.54) is 11.3 Å². The van der Waals surface area contributed by atoms with Crippen molar-refractivity contribution in [2.45, 2.75) is 13.3 Å². The number of aromatic nitrogens is 1. The smallest absolute Gasteiger partial charge is 0.230 e. The van der Waals surface area contributed by atoms with Gasteiger partial charge in [0.2, 0.25) is 5.91 Å². The first-order chi connectivity index (χ1) is 14.1. The van der Waals surface area contributed by atoms with Gasteiger partial charge in [0.05, 0.1) is 35.0 Å². The van der Waals surface area contributed by atoms with E-state index in [1.54, 1.807) is 12.1 Å². The van der Waals surface area contributed by atoms with E-state index in [2.05, 4.69) is 10.3 Å². The Hall–Kier alpha value is -2.77. The van der Waals surface area contributed by atoms with E-state index in [4.69, 9.17) is 25.8 Å². The van der Waals surface area contributed by atoms with Crippen molar-refractivity contribution in [3.8, 4) is 27.8 Å². The van der Waals surface area contributed by atoms with E-state index < -0.39 is 0 Å². The number of hydrogen-bond donors (Lipinski definition) is 1. The van der Waals surface area contributed by atoms with Crippen molar-refractivity contribution in [3.63, 3.8) is 0 Å². The highest BCUT2D eigenvalue weighted by molar-refractivity contribution is 7.13. The first-order valence-electron chi connectivity index (χ1n) is 9.19.